The lowest BCUT2D eigenvalue weighted by atomic mass is 10.00. The molecule has 0 radical (unpaired) electrons. The summed E-state index contributed by atoms with van der Waals surface area (Å²) in [6.45, 7) is 7.60. The van der Waals surface area contributed by atoms with Crippen LogP contribution in [0, 0.1) is 13.8 Å². The van der Waals surface area contributed by atoms with Crippen LogP contribution in [0.5, 0.6) is 0 Å². The number of nitrogens with zero attached hydrogens (tertiary/aromatic N) is 1. The molecule has 1 unspecified atom stereocenters. The Morgan fingerprint density at radius 3 is 2.71 bits per heavy atom. The van der Waals surface area contributed by atoms with E-state index in [9.17, 15) is 0 Å². The largest absolute Gasteiger partial charge is 0.309 e. The molecule has 1 heterocycles. The molecule has 3 heteroatoms. The van der Waals surface area contributed by atoms with Gasteiger partial charge in [0.05, 0.1) is 5.03 Å². The molecule has 2 rings (SSSR count). The van der Waals surface area contributed by atoms with Gasteiger partial charge in [-0.3, -0.25) is 0 Å². The third kappa shape index (κ3) is 4.87. The van der Waals surface area contributed by atoms with Gasteiger partial charge in [-0.1, -0.05) is 36.8 Å². The number of rotatable bonds is 7. The SMILES string of the molecule is CCCNC(CSc1ccccn1)c1ccc(C)cc1C. The summed E-state index contributed by atoms with van der Waals surface area (Å²) in [5.41, 5.74) is 4.09. The van der Waals surface area contributed by atoms with Crippen LogP contribution in [0.4, 0.5) is 0 Å². The minimum Gasteiger partial charge on any atom is -0.309 e. The Morgan fingerprint density at radius 2 is 2.05 bits per heavy atom. The third-order valence-electron chi connectivity index (χ3n) is 3.48. The molecule has 2 nitrogen and oxygen atoms in total. The molecule has 1 aromatic heterocycles. The van der Waals surface area contributed by atoms with Gasteiger partial charge in [-0.15, -0.1) is 11.8 Å². The molecule has 0 aliphatic heterocycles. The van der Waals surface area contributed by atoms with Gasteiger partial charge < -0.3 is 5.32 Å². The fraction of sp³-hybridized carbons (Fsp3) is 0.389. The van der Waals surface area contributed by atoms with E-state index in [0.717, 1.165) is 23.7 Å². The molecule has 0 saturated carbocycles. The van der Waals surface area contributed by atoms with Crippen LogP contribution >= 0.6 is 11.8 Å². The van der Waals surface area contributed by atoms with Crippen LogP contribution in [0.1, 0.15) is 36.1 Å². The van der Waals surface area contributed by atoms with Crippen molar-refractivity contribution < 1.29 is 0 Å². The number of thioether (sulfide) groups is 1. The molecule has 0 saturated heterocycles. The van der Waals surface area contributed by atoms with Crippen LogP contribution < -0.4 is 5.32 Å². The maximum atomic E-state index is 4.40. The summed E-state index contributed by atoms with van der Waals surface area (Å²) in [6.07, 6.45) is 3.00. The number of aryl methyl sites for hydroxylation is 2. The molecule has 0 aliphatic rings. The Morgan fingerprint density at radius 1 is 1.19 bits per heavy atom. The quantitative estimate of drug-likeness (QED) is 0.760. The van der Waals surface area contributed by atoms with Gasteiger partial charge in [-0.25, -0.2) is 4.98 Å². The molecule has 0 spiro atoms. The molecule has 21 heavy (non-hydrogen) atoms. The molecule has 0 fully saturated rings. The van der Waals surface area contributed by atoms with E-state index in [1.54, 1.807) is 0 Å². The molecule has 0 amide bonds. The summed E-state index contributed by atoms with van der Waals surface area (Å²) in [5.74, 6) is 1.00. The zero-order valence-electron chi connectivity index (χ0n) is 13.1. The maximum absolute atomic E-state index is 4.40. The summed E-state index contributed by atoms with van der Waals surface area (Å²) in [6, 6.07) is 13.2. The Labute approximate surface area is 132 Å². The van der Waals surface area contributed by atoms with Crippen molar-refractivity contribution in [2.24, 2.45) is 0 Å². The van der Waals surface area contributed by atoms with Gasteiger partial charge in [0, 0.05) is 18.0 Å². The summed E-state index contributed by atoms with van der Waals surface area (Å²) in [5, 5.41) is 4.76. The minimum absolute atomic E-state index is 0.373. The van der Waals surface area contributed by atoms with E-state index in [2.05, 4.69) is 55.3 Å². The van der Waals surface area contributed by atoms with Gasteiger partial charge in [-0.2, -0.15) is 0 Å². The zero-order chi connectivity index (χ0) is 15.1. The summed E-state index contributed by atoms with van der Waals surface area (Å²) in [7, 11) is 0. The van der Waals surface area contributed by atoms with Gasteiger partial charge in [0.25, 0.3) is 0 Å². The second-order valence-corrected chi connectivity index (χ2v) is 6.39. The number of benzene rings is 1. The minimum atomic E-state index is 0.373. The normalized spacial score (nSPS) is 12.3. The lowest BCUT2D eigenvalue weighted by molar-refractivity contribution is 0.575. The number of aromatic nitrogens is 1. The third-order valence-corrected chi connectivity index (χ3v) is 4.51. The van der Waals surface area contributed by atoms with Crippen LogP contribution in [0.2, 0.25) is 0 Å². The van der Waals surface area contributed by atoms with Crippen LogP contribution in [0.15, 0.2) is 47.6 Å². The van der Waals surface area contributed by atoms with E-state index in [-0.39, 0.29) is 0 Å². The molecule has 1 N–H and O–H groups in total. The highest BCUT2D eigenvalue weighted by Gasteiger charge is 2.13. The second kappa shape index (κ2) is 8.20. The van der Waals surface area contributed by atoms with Gasteiger partial charge in [0.15, 0.2) is 0 Å². The van der Waals surface area contributed by atoms with E-state index < -0.39 is 0 Å². The van der Waals surface area contributed by atoms with Crippen molar-refractivity contribution in [3.63, 3.8) is 0 Å². The van der Waals surface area contributed by atoms with Crippen LogP contribution in [-0.2, 0) is 0 Å². The first-order valence-electron chi connectivity index (χ1n) is 7.55. The lowest BCUT2D eigenvalue weighted by Crippen LogP contribution is -2.25. The van der Waals surface area contributed by atoms with Crippen molar-refractivity contribution in [3.05, 3.63) is 59.3 Å². The maximum Gasteiger partial charge on any atom is 0.0960 e. The van der Waals surface area contributed by atoms with Crippen molar-refractivity contribution in [1.82, 2.24) is 10.3 Å². The first-order chi connectivity index (χ1) is 10.2. The Kier molecular flexibility index (Phi) is 6.27. The topological polar surface area (TPSA) is 24.9 Å². The van der Waals surface area contributed by atoms with Crippen LogP contribution in [0.3, 0.4) is 0 Å². The monoisotopic (exact) mass is 300 g/mol. The lowest BCUT2D eigenvalue weighted by Gasteiger charge is -2.21. The van der Waals surface area contributed by atoms with E-state index in [0.29, 0.717) is 6.04 Å². The molecule has 2 aromatic rings. The van der Waals surface area contributed by atoms with Gasteiger partial charge >= 0.3 is 0 Å². The second-order valence-electron chi connectivity index (χ2n) is 5.35. The highest BCUT2D eigenvalue weighted by molar-refractivity contribution is 7.99. The molecular formula is C18H24N2S. The van der Waals surface area contributed by atoms with Gasteiger partial charge in [0.2, 0.25) is 0 Å². The smallest absolute Gasteiger partial charge is 0.0960 e. The first-order valence-corrected chi connectivity index (χ1v) is 8.53. The number of hydrogen-bond donors (Lipinski definition) is 1. The molecule has 112 valence electrons. The fourth-order valence-corrected chi connectivity index (χ4v) is 3.34. The predicted molar refractivity (Wildman–Crippen MR) is 91.9 cm³/mol. The number of nitrogens with one attached hydrogen (secondary N) is 1. The van der Waals surface area contributed by atoms with Crippen LogP contribution in [-0.4, -0.2) is 17.3 Å². The summed E-state index contributed by atoms with van der Waals surface area (Å²) < 4.78 is 0. The fourth-order valence-electron chi connectivity index (χ4n) is 2.40. The van der Waals surface area contributed by atoms with Gasteiger partial charge in [-0.05, 0) is 50.1 Å². The van der Waals surface area contributed by atoms with Crippen LogP contribution in [0.25, 0.3) is 0 Å². The van der Waals surface area contributed by atoms with Gasteiger partial charge in [0.1, 0.15) is 0 Å². The van der Waals surface area contributed by atoms with Crippen molar-refractivity contribution in [2.75, 3.05) is 12.3 Å². The summed E-state index contributed by atoms with van der Waals surface area (Å²) >= 11 is 1.81. The van der Waals surface area contributed by atoms with E-state index in [1.165, 1.54) is 16.7 Å². The number of hydrogen-bond acceptors (Lipinski definition) is 3. The van der Waals surface area contributed by atoms with Crippen molar-refractivity contribution in [3.8, 4) is 0 Å². The Hall–Kier alpha value is -1.32. The Bertz CT molecular complexity index is 554. The molecule has 1 atom stereocenters. The van der Waals surface area contributed by atoms with E-state index >= 15 is 0 Å². The zero-order valence-corrected chi connectivity index (χ0v) is 13.9. The van der Waals surface area contributed by atoms with Crippen molar-refractivity contribution in [1.29, 1.82) is 0 Å². The standard InChI is InChI=1S/C18H24N2S/c1-4-10-19-17(13-21-18-7-5-6-11-20-18)16-9-8-14(2)12-15(16)3/h5-9,11-12,17,19H,4,10,13H2,1-3H3. The predicted octanol–water partition coefficient (Wildman–Crippen LogP) is 4.53. The van der Waals surface area contributed by atoms with Crippen molar-refractivity contribution >= 4 is 11.8 Å². The average molecular weight is 300 g/mol. The molecule has 1 aromatic carbocycles. The first kappa shape index (κ1) is 16.1. The van der Waals surface area contributed by atoms with E-state index in [4.69, 9.17) is 0 Å². The molecular weight excluding hydrogens is 276 g/mol. The number of pyridine rings is 1. The van der Waals surface area contributed by atoms with Crippen molar-refractivity contribution in [2.45, 2.75) is 38.3 Å². The highest BCUT2D eigenvalue weighted by Crippen LogP contribution is 2.26. The molecule has 0 bridgehead atoms. The molecule has 0 aliphatic carbocycles. The Balaban J connectivity index is 2.10. The highest BCUT2D eigenvalue weighted by atomic mass is 32.2. The van der Waals surface area contributed by atoms with E-state index in [1.807, 2.05) is 30.1 Å². The summed E-state index contributed by atoms with van der Waals surface area (Å²) in [4.78, 5) is 4.40. The average Bonchev–Trinajstić information content (AvgIpc) is 2.49.